The van der Waals surface area contributed by atoms with E-state index in [4.69, 9.17) is 18.6 Å². The van der Waals surface area contributed by atoms with Crippen LogP contribution >= 0.6 is 0 Å². The summed E-state index contributed by atoms with van der Waals surface area (Å²) in [5.41, 5.74) is 0.432. The zero-order chi connectivity index (χ0) is 29.2. The molecular formula is C20H22KN4O12S3. The summed E-state index contributed by atoms with van der Waals surface area (Å²) < 4.78 is 101. The summed E-state index contributed by atoms with van der Waals surface area (Å²) in [6.45, 7) is 0.655. The second-order valence-corrected chi connectivity index (χ2v) is 12.3. The molecular weight excluding hydrogens is 624 g/mol. The third-order valence-corrected chi connectivity index (χ3v) is 8.17. The van der Waals surface area contributed by atoms with Gasteiger partial charge in [-0.2, -0.15) is 37.2 Å². The average molecular weight is 646 g/mol. The molecule has 213 valence electrons. The molecule has 40 heavy (non-hydrogen) atoms. The van der Waals surface area contributed by atoms with E-state index in [2.05, 4.69) is 19.5 Å². The molecule has 2 aromatic carbocycles. The van der Waals surface area contributed by atoms with Gasteiger partial charge in [0.2, 0.25) is 0 Å². The SMILES string of the molecule is COc1cc(S(=O)(=O)CCOS(=O)(=O)O)c(OC)cc1N=NC1C(=O)N(c2ccc(S(=O)(=O)O)cc2)N=C1C.[K]. The van der Waals surface area contributed by atoms with E-state index in [9.17, 15) is 30.0 Å². The first-order valence-electron chi connectivity index (χ1n) is 10.6. The summed E-state index contributed by atoms with van der Waals surface area (Å²) in [6.07, 6.45) is 0. The van der Waals surface area contributed by atoms with Gasteiger partial charge >= 0.3 is 10.4 Å². The largest absolute Gasteiger partial charge is 0.495 e. The second-order valence-electron chi connectivity index (χ2n) is 7.72. The van der Waals surface area contributed by atoms with E-state index >= 15 is 0 Å². The summed E-state index contributed by atoms with van der Waals surface area (Å²) in [6, 6.07) is 5.80. The minimum Gasteiger partial charge on any atom is -0.495 e. The van der Waals surface area contributed by atoms with Crippen LogP contribution in [0.4, 0.5) is 11.4 Å². The number of sulfone groups is 1. The molecule has 2 aromatic rings. The van der Waals surface area contributed by atoms with Gasteiger partial charge in [-0.25, -0.2) is 12.6 Å². The summed E-state index contributed by atoms with van der Waals surface area (Å²) >= 11 is 0. The zero-order valence-corrected chi connectivity index (χ0v) is 27.0. The maximum Gasteiger partial charge on any atom is 0.397 e. The fourth-order valence-corrected chi connectivity index (χ4v) is 5.42. The molecule has 0 aliphatic carbocycles. The minimum atomic E-state index is -4.84. The van der Waals surface area contributed by atoms with Crippen molar-refractivity contribution in [1.29, 1.82) is 0 Å². The van der Waals surface area contributed by atoms with Crippen LogP contribution in [0.3, 0.4) is 0 Å². The Morgan fingerprint density at radius 1 is 0.975 bits per heavy atom. The number of nitrogens with zero attached hydrogens (tertiary/aromatic N) is 4. The first-order valence-corrected chi connectivity index (χ1v) is 15.0. The molecule has 0 saturated carbocycles. The Morgan fingerprint density at radius 3 is 2.10 bits per heavy atom. The second kappa shape index (κ2) is 13.4. The molecule has 0 saturated heterocycles. The van der Waals surface area contributed by atoms with E-state index in [0.717, 1.165) is 23.2 Å². The van der Waals surface area contributed by atoms with Crippen molar-refractivity contribution in [3.8, 4) is 11.5 Å². The Bertz CT molecular complexity index is 1660. The van der Waals surface area contributed by atoms with Crippen molar-refractivity contribution in [2.75, 3.05) is 31.6 Å². The Kier molecular flexibility index (Phi) is 11.5. The number of amides is 1. The molecule has 20 heteroatoms. The molecule has 1 unspecified atom stereocenters. The van der Waals surface area contributed by atoms with Gasteiger partial charge in [-0.3, -0.25) is 13.9 Å². The summed E-state index contributed by atoms with van der Waals surface area (Å²) in [7, 11) is -11.0. The van der Waals surface area contributed by atoms with Gasteiger partial charge in [-0.15, -0.1) is 0 Å². The van der Waals surface area contributed by atoms with Gasteiger partial charge in [0.05, 0.1) is 42.9 Å². The Hall–Kier alpha value is -1.85. The van der Waals surface area contributed by atoms with Crippen molar-refractivity contribution < 1.29 is 52.8 Å². The molecule has 16 nitrogen and oxygen atoms in total. The Balaban J connectivity index is 0.00000560. The number of carbonyl (C=O) groups excluding carboxylic acids is 1. The van der Waals surface area contributed by atoms with Crippen LogP contribution in [-0.4, -0.2) is 130 Å². The molecule has 3 rings (SSSR count). The van der Waals surface area contributed by atoms with Crippen molar-refractivity contribution >= 4 is 105 Å². The molecule has 1 heterocycles. The van der Waals surface area contributed by atoms with E-state index in [1.807, 2.05) is 0 Å². The third kappa shape index (κ3) is 8.35. The number of carbonyl (C=O) groups is 1. The van der Waals surface area contributed by atoms with E-state index in [-0.39, 0.29) is 89.8 Å². The summed E-state index contributed by atoms with van der Waals surface area (Å²) in [5.74, 6) is -1.72. The molecule has 0 fully saturated rings. The smallest absolute Gasteiger partial charge is 0.397 e. The normalized spacial score (nSPS) is 16.1. The molecule has 1 atom stereocenters. The van der Waals surface area contributed by atoms with Crippen LogP contribution in [0.15, 0.2) is 61.5 Å². The number of azo groups is 1. The van der Waals surface area contributed by atoms with Gasteiger partial charge in [-0.05, 0) is 31.2 Å². The van der Waals surface area contributed by atoms with E-state index < -0.39 is 54.7 Å². The molecule has 1 amide bonds. The van der Waals surface area contributed by atoms with Crippen molar-refractivity contribution in [3.63, 3.8) is 0 Å². The van der Waals surface area contributed by atoms with Crippen LogP contribution in [-0.2, 0) is 39.3 Å². The van der Waals surface area contributed by atoms with Gasteiger partial charge in [0.15, 0.2) is 15.9 Å². The number of ether oxygens (including phenoxy) is 2. The first kappa shape index (κ1) is 34.3. The van der Waals surface area contributed by atoms with Crippen LogP contribution in [0.25, 0.3) is 0 Å². The van der Waals surface area contributed by atoms with Crippen molar-refractivity contribution in [2.45, 2.75) is 22.8 Å². The van der Waals surface area contributed by atoms with Crippen LogP contribution in [0.5, 0.6) is 11.5 Å². The van der Waals surface area contributed by atoms with Crippen LogP contribution < -0.4 is 14.5 Å². The minimum absolute atomic E-state index is 0. The van der Waals surface area contributed by atoms with Gasteiger partial charge in [0.25, 0.3) is 16.0 Å². The molecule has 1 aliphatic rings. The summed E-state index contributed by atoms with van der Waals surface area (Å²) in [4.78, 5) is 12.2. The predicted molar refractivity (Wildman–Crippen MR) is 140 cm³/mol. The van der Waals surface area contributed by atoms with Crippen LogP contribution in [0.1, 0.15) is 6.92 Å². The maximum absolute atomic E-state index is 12.9. The molecule has 1 aliphatic heterocycles. The monoisotopic (exact) mass is 645 g/mol. The van der Waals surface area contributed by atoms with Crippen LogP contribution in [0, 0.1) is 0 Å². The maximum atomic E-state index is 12.9. The standard InChI is InChI=1S/C20H22N4O12S3.K/c1-12-19(20(25)24(23-12)13-4-6-14(7-5-13)38(28,29)30)22-21-15-10-17(35-3)18(11-16(15)34-2)37(26,27)9-8-36-39(31,32)33;/h4-7,10-11,19H,8-9H2,1-3H3,(H,28,29,30)(H,31,32,33);. The van der Waals surface area contributed by atoms with Gasteiger partial charge in [0.1, 0.15) is 22.1 Å². The number of benzene rings is 2. The topological polar surface area (TPSA) is 228 Å². The quantitative estimate of drug-likeness (QED) is 0.198. The molecule has 2 N–H and O–H groups in total. The van der Waals surface area contributed by atoms with Gasteiger partial charge in [0, 0.05) is 63.5 Å². The summed E-state index contributed by atoms with van der Waals surface area (Å²) in [5, 5.41) is 13.1. The third-order valence-electron chi connectivity index (χ3n) is 5.14. The molecule has 0 bridgehead atoms. The number of hydrazone groups is 1. The van der Waals surface area contributed by atoms with Crippen LogP contribution in [0.2, 0.25) is 0 Å². The number of hydrogen-bond acceptors (Lipinski definition) is 13. The number of anilines is 1. The molecule has 1 radical (unpaired) electrons. The number of rotatable bonds is 11. The van der Waals surface area contributed by atoms with Crippen molar-refractivity contribution in [3.05, 3.63) is 36.4 Å². The predicted octanol–water partition coefficient (Wildman–Crippen LogP) is 1.04. The van der Waals surface area contributed by atoms with Gasteiger partial charge < -0.3 is 9.47 Å². The zero-order valence-electron chi connectivity index (χ0n) is 21.4. The Morgan fingerprint density at radius 2 is 1.57 bits per heavy atom. The fraction of sp³-hybridized carbons (Fsp3) is 0.300. The molecule has 0 aromatic heterocycles. The number of methoxy groups -OCH3 is 2. The van der Waals surface area contributed by atoms with Gasteiger partial charge in [-0.1, -0.05) is 0 Å². The first-order chi connectivity index (χ1) is 18.1. The number of hydrogen-bond donors (Lipinski definition) is 2. The Labute approximate surface area is 272 Å². The van der Waals surface area contributed by atoms with E-state index in [0.29, 0.717) is 0 Å². The average Bonchev–Trinajstić information content (AvgIpc) is 3.13. The van der Waals surface area contributed by atoms with Crippen molar-refractivity contribution in [2.24, 2.45) is 15.3 Å². The van der Waals surface area contributed by atoms with E-state index in [1.54, 1.807) is 0 Å². The fourth-order valence-electron chi connectivity index (χ4n) is 3.29. The van der Waals surface area contributed by atoms with Crippen molar-refractivity contribution in [1.82, 2.24) is 0 Å². The molecule has 0 spiro atoms. The van der Waals surface area contributed by atoms with E-state index in [1.165, 1.54) is 39.3 Å².